The SMILES string of the molecule is CCCCSCc1cccnc1NN. The molecule has 0 aromatic carbocycles. The largest absolute Gasteiger partial charge is 0.308 e. The number of anilines is 1. The van der Waals surface area contributed by atoms with Crippen molar-refractivity contribution in [3.05, 3.63) is 23.9 Å². The molecule has 0 saturated heterocycles. The zero-order chi connectivity index (χ0) is 10.2. The summed E-state index contributed by atoms with van der Waals surface area (Å²) in [4.78, 5) is 4.15. The van der Waals surface area contributed by atoms with Crippen molar-refractivity contribution in [2.75, 3.05) is 11.2 Å². The first-order valence-electron chi connectivity index (χ1n) is 4.86. The van der Waals surface area contributed by atoms with E-state index in [1.165, 1.54) is 24.2 Å². The number of hydrogen-bond donors (Lipinski definition) is 2. The lowest BCUT2D eigenvalue weighted by Gasteiger charge is -2.06. The van der Waals surface area contributed by atoms with Crippen molar-refractivity contribution in [2.45, 2.75) is 25.5 Å². The highest BCUT2D eigenvalue weighted by Gasteiger charge is 2.00. The van der Waals surface area contributed by atoms with E-state index in [2.05, 4.69) is 23.4 Å². The molecule has 1 aromatic rings. The summed E-state index contributed by atoms with van der Waals surface area (Å²) in [5.41, 5.74) is 3.79. The Morgan fingerprint density at radius 1 is 1.57 bits per heavy atom. The maximum Gasteiger partial charge on any atom is 0.143 e. The van der Waals surface area contributed by atoms with E-state index in [1.807, 2.05) is 17.8 Å². The topological polar surface area (TPSA) is 50.9 Å². The van der Waals surface area contributed by atoms with E-state index >= 15 is 0 Å². The van der Waals surface area contributed by atoms with Crippen molar-refractivity contribution in [3.8, 4) is 0 Å². The molecule has 0 aliphatic rings. The minimum atomic E-state index is 0.788. The molecule has 3 N–H and O–H groups in total. The van der Waals surface area contributed by atoms with Crippen molar-refractivity contribution >= 4 is 17.6 Å². The van der Waals surface area contributed by atoms with Crippen LogP contribution >= 0.6 is 11.8 Å². The molecule has 1 aromatic heterocycles. The van der Waals surface area contributed by atoms with E-state index in [0.29, 0.717) is 0 Å². The zero-order valence-electron chi connectivity index (χ0n) is 8.49. The van der Waals surface area contributed by atoms with Gasteiger partial charge in [0.1, 0.15) is 5.82 Å². The Morgan fingerprint density at radius 3 is 3.14 bits per heavy atom. The minimum absolute atomic E-state index is 0.788. The van der Waals surface area contributed by atoms with Gasteiger partial charge in [-0.3, -0.25) is 0 Å². The van der Waals surface area contributed by atoms with Crippen molar-refractivity contribution in [2.24, 2.45) is 5.84 Å². The molecule has 3 nitrogen and oxygen atoms in total. The van der Waals surface area contributed by atoms with Crippen molar-refractivity contribution < 1.29 is 0 Å². The predicted octanol–water partition coefficient (Wildman–Crippen LogP) is 2.40. The van der Waals surface area contributed by atoms with Gasteiger partial charge in [-0.15, -0.1) is 0 Å². The van der Waals surface area contributed by atoms with Crippen LogP contribution in [0.25, 0.3) is 0 Å². The Hall–Kier alpha value is -0.740. The Labute approximate surface area is 89.5 Å². The van der Waals surface area contributed by atoms with Gasteiger partial charge < -0.3 is 5.43 Å². The summed E-state index contributed by atoms with van der Waals surface area (Å²) in [5, 5.41) is 0. The summed E-state index contributed by atoms with van der Waals surface area (Å²) in [6, 6.07) is 4.00. The van der Waals surface area contributed by atoms with Crippen LogP contribution in [0.1, 0.15) is 25.3 Å². The summed E-state index contributed by atoms with van der Waals surface area (Å²) in [7, 11) is 0. The molecular formula is C10H17N3S. The predicted molar refractivity (Wildman–Crippen MR) is 63.1 cm³/mol. The number of rotatable bonds is 6. The zero-order valence-corrected chi connectivity index (χ0v) is 9.31. The van der Waals surface area contributed by atoms with Gasteiger partial charge in [-0.25, -0.2) is 10.8 Å². The van der Waals surface area contributed by atoms with Gasteiger partial charge in [-0.1, -0.05) is 19.4 Å². The van der Waals surface area contributed by atoms with Crippen LogP contribution in [-0.2, 0) is 5.75 Å². The second kappa shape index (κ2) is 6.68. The van der Waals surface area contributed by atoms with E-state index in [4.69, 9.17) is 5.84 Å². The number of nitrogens with one attached hydrogen (secondary N) is 1. The molecule has 78 valence electrons. The number of nitrogens with zero attached hydrogens (tertiary/aromatic N) is 1. The second-order valence-corrected chi connectivity index (χ2v) is 4.17. The molecule has 4 heteroatoms. The second-order valence-electron chi connectivity index (χ2n) is 3.06. The molecule has 0 atom stereocenters. The third-order valence-electron chi connectivity index (χ3n) is 1.93. The van der Waals surface area contributed by atoms with Gasteiger partial charge in [-0.2, -0.15) is 11.8 Å². The van der Waals surface area contributed by atoms with Gasteiger partial charge in [-0.05, 0) is 18.2 Å². The van der Waals surface area contributed by atoms with E-state index in [0.717, 1.165) is 11.6 Å². The van der Waals surface area contributed by atoms with Crippen LogP contribution in [0.3, 0.4) is 0 Å². The fourth-order valence-electron chi connectivity index (χ4n) is 1.11. The van der Waals surface area contributed by atoms with Gasteiger partial charge in [0.25, 0.3) is 0 Å². The number of aromatic nitrogens is 1. The van der Waals surface area contributed by atoms with Gasteiger partial charge >= 0.3 is 0 Å². The lowest BCUT2D eigenvalue weighted by Crippen LogP contribution is -2.10. The molecule has 0 unspecified atom stereocenters. The summed E-state index contributed by atoms with van der Waals surface area (Å²) in [6.45, 7) is 2.21. The number of pyridine rings is 1. The van der Waals surface area contributed by atoms with E-state index in [9.17, 15) is 0 Å². The quantitative estimate of drug-likeness (QED) is 0.431. The van der Waals surface area contributed by atoms with E-state index < -0.39 is 0 Å². The van der Waals surface area contributed by atoms with Crippen LogP contribution in [0.5, 0.6) is 0 Å². The van der Waals surface area contributed by atoms with E-state index in [1.54, 1.807) is 6.20 Å². The molecule has 0 aliphatic heterocycles. The van der Waals surface area contributed by atoms with Crippen LogP contribution in [-0.4, -0.2) is 10.7 Å². The molecule has 14 heavy (non-hydrogen) atoms. The Balaban J connectivity index is 2.41. The normalized spacial score (nSPS) is 10.1. The summed E-state index contributed by atoms with van der Waals surface area (Å²) in [6.07, 6.45) is 4.27. The summed E-state index contributed by atoms with van der Waals surface area (Å²) < 4.78 is 0. The average Bonchev–Trinajstić information content (AvgIpc) is 2.25. The maximum absolute atomic E-state index is 5.36. The molecule has 0 amide bonds. The lowest BCUT2D eigenvalue weighted by molar-refractivity contribution is 0.896. The molecule has 0 radical (unpaired) electrons. The van der Waals surface area contributed by atoms with Crippen LogP contribution < -0.4 is 11.3 Å². The molecule has 0 bridgehead atoms. The molecule has 0 aliphatic carbocycles. The third-order valence-corrected chi connectivity index (χ3v) is 3.02. The van der Waals surface area contributed by atoms with Crippen LogP contribution in [0.2, 0.25) is 0 Å². The highest BCUT2D eigenvalue weighted by molar-refractivity contribution is 7.98. The smallest absolute Gasteiger partial charge is 0.143 e. The highest BCUT2D eigenvalue weighted by Crippen LogP contribution is 2.18. The number of hydrogen-bond acceptors (Lipinski definition) is 4. The molecule has 0 fully saturated rings. The Morgan fingerprint density at radius 2 is 2.43 bits per heavy atom. The fourth-order valence-corrected chi connectivity index (χ4v) is 2.20. The number of hydrazine groups is 1. The van der Waals surface area contributed by atoms with Gasteiger partial charge in [0.2, 0.25) is 0 Å². The Bertz CT molecular complexity index is 265. The Kier molecular flexibility index (Phi) is 5.40. The standard InChI is InChI=1S/C10H17N3S/c1-2-3-7-14-8-9-5-4-6-12-10(9)13-11/h4-6H,2-3,7-8,11H2,1H3,(H,12,13). The molecule has 1 heterocycles. The number of nitrogens with two attached hydrogens (primary N) is 1. The first kappa shape index (κ1) is 11.3. The van der Waals surface area contributed by atoms with Gasteiger partial charge in [0, 0.05) is 17.5 Å². The number of nitrogen functional groups attached to an aromatic ring is 1. The highest BCUT2D eigenvalue weighted by atomic mass is 32.2. The lowest BCUT2D eigenvalue weighted by atomic mass is 10.3. The number of thioether (sulfide) groups is 1. The fraction of sp³-hybridized carbons (Fsp3) is 0.500. The first-order valence-corrected chi connectivity index (χ1v) is 6.02. The van der Waals surface area contributed by atoms with Crippen molar-refractivity contribution in [1.82, 2.24) is 4.98 Å². The van der Waals surface area contributed by atoms with E-state index in [-0.39, 0.29) is 0 Å². The molecule has 0 saturated carbocycles. The van der Waals surface area contributed by atoms with Crippen LogP contribution in [0.15, 0.2) is 18.3 Å². The van der Waals surface area contributed by atoms with Crippen LogP contribution in [0.4, 0.5) is 5.82 Å². The first-order chi connectivity index (χ1) is 6.88. The van der Waals surface area contributed by atoms with Crippen molar-refractivity contribution in [3.63, 3.8) is 0 Å². The van der Waals surface area contributed by atoms with Gasteiger partial charge in [0.05, 0.1) is 0 Å². The maximum atomic E-state index is 5.36. The van der Waals surface area contributed by atoms with Crippen molar-refractivity contribution in [1.29, 1.82) is 0 Å². The third kappa shape index (κ3) is 3.55. The molecule has 0 spiro atoms. The average molecular weight is 211 g/mol. The monoisotopic (exact) mass is 211 g/mol. The number of unbranched alkanes of at least 4 members (excludes halogenated alkanes) is 1. The summed E-state index contributed by atoms with van der Waals surface area (Å²) >= 11 is 1.92. The minimum Gasteiger partial charge on any atom is -0.308 e. The van der Waals surface area contributed by atoms with Gasteiger partial charge in [0.15, 0.2) is 0 Å². The molecule has 1 rings (SSSR count). The molecular weight excluding hydrogens is 194 g/mol. The van der Waals surface area contributed by atoms with Crippen LogP contribution in [0, 0.1) is 0 Å². The summed E-state index contributed by atoms with van der Waals surface area (Å²) in [5.74, 6) is 8.33.